The molecule has 0 saturated heterocycles. The van der Waals surface area contributed by atoms with Gasteiger partial charge in [-0.15, -0.1) is 11.8 Å². The van der Waals surface area contributed by atoms with Crippen LogP contribution < -0.4 is 10.1 Å². The molecule has 0 aliphatic carbocycles. The Bertz CT molecular complexity index is 992. The molecule has 3 aromatic rings. The minimum atomic E-state index is -0.353. The average molecular weight is 437 g/mol. The first-order valence-electron chi connectivity index (χ1n) is 9.81. The third-order valence-corrected chi connectivity index (χ3v) is 5.34. The first kappa shape index (κ1) is 22.4. The standard InChI is InChI=1S/C24H24N2O4S/c1-17(31-23-11-7-21(8-12-23)26-18(2)27)24(28)30-15-19-5-9-22(10-6-19)29-16-20-4-3-13-25-14-20/h3-14,17H,15-16H2,1-2H3,(H,26,27). The number of carbonyl (C=O) groups is 2. The maximum Gasteiger partial charge on any atom is 0.319 e. The number of pyridine rings is 1. The van der Waals surface area contributed by atoms with Crippen LogP contribution in [0.2, 0.25) is 0 Å². The summed E-state index contributed by atoms with van der Waals surface area (Å²) in [5.41, 5.74) is 2.61. The predicted octanol–water partition coefficient (Wildman–Crippen LogP) is 4.84. The summed E-state index contributed by atoms with van der Waals surface area (Å²) in [6.07, 6.45) is 3.49. The number of benzene rings is 2. The third kappa shape index (κ3) is 7.46. The van der Waals surface area contributed by atoms with Crippen molar-refractivity contribution in [1.29, 1.82) is 0 Å². The van der Waals surface area contributed by atoms with Crippen LogP contribution in [0.15, 0.2) is 78.0 Å². The highest BCUT2D eigenvalue weighted by atomic mass is 32.2. The Morgan fingerprint density at radius 1 is 1.00 bits per heavy atom. The van der Waals surface area contributed by atoms with Gasteiger partial charge in [0, 0.05) is 35.5 Å². The fourth-order valence-electron chi connectivity index (χ4n) is 2.68. The van der Waals surface area contributed by atoms with E-state index >= 15 is 0 Å². The molecule has 0 spiro atoms. The number of anilines is 1. The molecule has 0 saturated carbocycles. The average Bonchev–Trinajstić information content (AvgIpc) is 2.78. The summed E-state index contributed by atoms with van der Waals surface area (Å²) < 4.78 is 11.2. The van der Waals surface area contributed by atoms with Crippen molar-refractivity contribution in [3.63, 3.8) is 0 Å². The zero-order chi connectivity index (χ0) is 22.1. The van der Waals surface area contributed by atoms with E-state index in [4.69, 9.17) is 9.47 Å². The Labute approximate surface area is 186 Å². The molecule has 0 fully saturated rings. The number of amides is 1. The van der Waals surface area contributed by atoms with Gasteiger partial charge >= 0.3 is 5.97 Å². The Hall–Kier alpha value is -3.32. The molecule has 0 radical (unpaired) electrons. The Morgan fingerprint density at radius 2 is 1.74 bits per heavy atom. The molecule has 160 valence electrons. The van der Waals surface area contributed by atoms with E-state index in [1.807, 2.05) is 55.5 Å². The van der Waals surface area contributed by atoms with Crippen molar-refractivity contribution in [3.05, 3.63) is 84.2 Å². The lowest BCUT2D eigenvalue weighted by molar-refractivity contribution is -0.143. The van der Waals surface area contributed by atoms with E-state index in [0.717, 1.165) is 27.5 Å². The molecule has 3 rings (SSSR count). The van der Waals surface area contributed by atoms with Gasteiger partial charge in [0.2, 0.25) is 5.91 Å². The van der Waals surface area contributed by atoms with Crippen molar-refractivity contribution in [2.24, 2.45) is 0 Å². The van der Waals surface area contributed by atoms with E-state index in [2.05, 4.69) is 10.3 Å². The number of nitrogens with zero attached hydrogens (tertiary/aromatic N) is 1. The summed E-state index contributed by atoms with van der Waals surface area (Å²) >= 11 is 1.41. The number of hydrogen-bond donors (Lipinski definition) is 1. The molecule has 1 N–H and O–H groups in total. The van der Waals surface area contributed by atoms with Crippen LogP contribution in [0.5, 0.6) is 5.75 Å². The second-order valence-electron chi connectivity index (χ2n) is 6.87. The fraction of sp³-hybridized carbons (Fsp3) is 0.208. The molecule has 0 bridgehead atoms. The number of carbonyl (C=O) groups excluding carboxylic acids is 2. The van der Waals surface area contributed by atoms with E-state index in [-0.39, 0.29) is 23.7 Å². The maximum atomic E-state index is 12.3. The Balaban J connectivity index is 1.43. The largest absolute Gasteiger partial charge is 0.489 e. The summed E-state index contributed by atoms with van der Waals surface area (Å²) in [6.45, 7) is 3.92. The van der Waals surface area contributed by atoms with Crippen LogP contribution in [-0.4, -0.2) is 22.1 Å². The number of ether oxygens (including phenoxy) is 2. The van der Waals surface area contributed by atoms with Crippen molar-refractivity contribution in [3.8, 4) is 5.75 Å². The first-order valence-corrected chi connectivity index (χ1v) is 10.7. The molecular formula is C24H24N2O4S. The van der Waals surface area contributed by atoms with Crippen LogP contribution in [0.1, 0.15) is 25.0 Å². The van der Waals surface area contributed by atoms with E-state index in [9.17, 15) is 9.59 Å². The number of rotatable bonds is 9. The minimum absolute atomic E-state index is 0.120. The molecule has 6 nitrogen and oxygen atoms in total. The van der Waals surface area contributed by atoms with Gasteiger partial charge in [-0.3, -0.25) is 14.6 Å². The SMILES string of the molecule is CC(=O)Nc1ccc(SC(C)C(=O)OCc2ccc(OCc3cccnc3)cc2)cc1. The van der Waals surface area contributed by atoms with Crippen molar-refractivity contribution < 1.29 is 19.1 Å². The topological polar surface area (TPSA) is 77.5 Å². The second kappa shape index (κ2) is 11.2. The smallest absolute Gasteiger partial charge is 0.319 e. The molecule has 1 amide bonds. The summed E-state index contributed by atoms with van der Waals surface area (Å²) in [7, 11) is 0. The van der Waals surface area contributed by atoms with Crippen LogP contribution >= 0.6 is 11.8 Å². The molecule has 1 heterocycles. The van der Waals surface area contributed by atoms with Gasteiger partial charge in [0.25, 0.3) is 0 Å². The predicted molar refractivity (Wildman–Crippen MR) is 121 cm³/mol. The molecule has 1 unspecified atom stereocenters. The molecule has 7 heteroatoms. The molecule has 2 aromatic carbocycles. The van der Waals surface area contributed by atoms with Crippen LogP contribution in [-0.2, 0) is 27.5 Å². The van der Waals surface area contributed by atoms with Gasteiger partial charge in [-0.1, -0.05) is 18.2 Å². The molecule has 0 aliphatic rings. The van der Waals surface area contributed by atoms with Gasteiger partial charge in [-0.2, -0.15) is 0 Å². The van der Waals surface area contributed by atoms with Crippen molar-refractivity contribution in [1.82, 2.24) is 4.98 Å². The molecule has 1 aromatic heterocycles. The van der Waals surface area contributed by atoms with E-state index in [1.54, 1.807) is 24.5 Å². The lowest BCUT2D eigenvalue weighted by Crippen LogP contribution is -2.16. The monoisotopic (exact) mass is 436 g/mol. The Kier molecular flexibility index (Phi) is 8.06. The highest BCUT2D eigenvalue weighted by Gasteiger charge is 2.16. The van der Waals surface area contributed by atoms with Gasteiger partial charge < -0.3 is 14.8 Å². The molecule has 1 atom stereocenters. The van der Waals surface area contributed by atoms with Gasteiger partial charge in [0.15, 0.2) is 0 Å². The summed E-state index contributed by atoms with van der Waals surface area (Å²) in [5.74, 6) is 0.337. The molecular weight excluding hydrogens is 412 g/mol. The number of nitrogens with one attached hydrogen (secondary N) is 1. The number of hydrogen-bond acceptors (Lipinski definition) is 6. The lowest BCUT2D eigenvalue weighted by Gasteiger charge is -2.12. The third-order valence-electron chi connectivity index (χ3n) is 4.25. The van der Waals surface area contributed by atoms with E-state index in [1.165, 1.54) is 18.7 Å². The fourth-order valence-corrected chi connectivity index (χ4v) is 3.54. The second-order valence-corrected chi connectivity index (χ2v) is 8.28. The van der Waals surface area contributed by atoms with Gasteiger partial charge in [-0.25, -0.2) is 0 Å². The zero-order valence-electron chi connectivity index (χ0n) is 17.4. The van der Waals surface area contributed by atoms with E-state index in [0.29, 0.717) is 6.61 Å². The Morgan fingerprint density at radius 3 is 2.39 bits per heavy atom. The minimum Gasteiger partial charge on any atom is -0.489 e. The van der Waals surface area contributed by atoms with Crippen LogP contribution in [0.4, 0.5) is 5.69 Å². The van der Waals surface area contributed by atoms with Crippen molar-refractivity contribution in [2.45, 2.75) is 37.2 Å². The highest BCUT2D eigenvalue weighted by molar-refractivity contribution is 8.00. The van der Waals surface area contributed by atoms with Crippen molar-refractivity contribution in [2.75, 3.05) is 5.32 Å². The van der Waals surface area contributed by atoms with Crippen LogP contribution in [0.25, 0.3) is 0 Å². The summed E-state index contributed by atoms with van der Waals surface area (Å²) in [6, 6.07) is 18.6. The zero-order valence-corrected chi connectivity index (χ0v) is 18.2. The maximum absolute atomic E-state index is 12.3. The van der Waals surface area contributed by atoms with E-state index < -0.39 is 0 Å². The van der Waals surface area contributed by atoms with Crippen molar-refractivity contribution >= 4 is 29.3 Å². The number of aromatic nitrogens is 1. The number of thioether (sulfide) groups is 1. The normalized spacial score (nSPS) is 11.4. The van der Waals surface area contributed by atoms with Gasteiger partial charge in [0.1, 0.15) is 24.2 Å². The highest BCUT2D eigenvalue weighted by Crippen LogP contribution is 2.26. The van der Waals surface area contributed by atoms with Gasteiger partial charge in [0.05, 0.1) is 0 Å². The summed E-state index contributed by atoms with van der Waals surface area (Å²) in [5, 5.41) is 2.36. The quantitative estimate of drug-likeness (QED) is 0.382. The number of esters is 1. The molecule has 0 aliphatic heterocycles. The van der Waals surface area contributed by atoms with Gasteiger partial charge in [-0.05, 0) is 55.0 Å². The lowest BCUT2D eigenvalue weighted by atomic mass is 10.2. The molecule has 31 heavy (non-hydrogen) atoms. The van der Waals surface area contributed by atoms with Crippen LogP contribution in [0, 0.1) is 0 Å². The first-order chi connectivity index (χ1) is 15.0. The van der Waals surface area contributed by atoms with Crippen LogP contribution in [0.3, 0.4) is 0 Å². The summed E-state index contributed by atoms with van der Waals surface area (Å²) in [4.78, 5) is 28.4.